The zero-order chi connectivity index (χ0) is 13.0. The van der Waals surface area contributed by atoms with Gasteiger partial charge in [0.1, 0.15) is 5.82 Å². The van der Waals surface area contributed by atoms with Crippen LogP contribution in [0.5, 0.6) is 0 Å². The Bertz CT molecular complexity index is 375. The summed E-state index contributed by atoms with van der Waals surface area (Å²) < 4.78 is 14.1. The Morgan fingerprint density at radius 2 is 2.00 bits per heavy atom. The third kappa shape index (κ3) is 5.38. The van der Waals surface area contributed by atoms with Crippen molar-refractivity contribution in [2.75, 3.05) is 26.7 Å². The van der Waals surface area contributed by atoms with Crippen LogP contribution in [0.25, 0.3) is 0 Å². The van der Waals surface area contributed by atoms with E-state index in [0.717, 1.165) is 42.1 Å². The smallest absolute Gasteiger partial charge is 0.124 e. The van der Waals surface area contributed by atoms with Gasteiger partial charge in [-0.1, -0.05) is 15.9 Å². The second-order valence-electron chi connectivity index (χ2n) is 5.05. The van der Waals surface area contributed by atoms with Crippen molar-refractivity contribution < 1.29 is 4.39 Å². The number of likely N-dealkylation sites (tertiary alicyclic amines) is 1. The van der Waals surface area contributed by atoms with Crippen molar-refractivity contribution in [2.45, 2.75) is 19.4 Å². The fraction of sp³-hybridized carbons (Fsp3) is 0.571. The monoisotopic (exact) mass is 350 g/mol. The molecule has 0 atom stereocenters. The first kappa shape index (κ1) is 16.9. The van der Waals surface area contributed by atoms with Gasteiger partial charge in [0.15, 0.2) is 0 Å². The summed E-state index contributed by atoms with van der Waals surface area (Å²) in [4.78, 5) is 2.41. The molecule has 108 valence electrons. The molecule has 1 N–H and O–H groups in total. The van der Waals surface area contributed by atoms with E-state index in [1.807, 2.05) is 13.1 Å². The fourth-order valence-corrected chi connectivity index (χ4v) is 3.11. The number of nitrogens with zero attached hydrogens (tertiary/aromatic N) is 1. The number of nitrogens with one attached hydrogen (secondary N) is 1. The van der Waals surface area contributed by atoms with Crippen LogP contribution in [0.1, 0.15) is 18.4 Å². The quantitative estimate of drug-likeness (QED) is 0.894. The van der Waals surface area contributed by atoms with Crippen molar-refractivity contribution in [3.63, 3.8) is 0 Å². The summed E-state index contributed by atoms with van der Waals surface area (Å²) in [6, 6.07) is 5.13. The highest BCUT2D eigenvalue weighted by molar-refractivity contribution is 9.10. The minimum atomic E-state index is -0.163. The summed E-state index contributed by atoms with van der Waals surface area (Å²) in [6.07, 6.45) is 2.47. The van der Waals surface area contributed by atoms with Crippen LogP contribution < -0.4 is 5.32 Å². The number of halogens is 3. The minimum Gasteiger partial charge on any atom is -0.319 e. The van der Waals surface area contributed by atoms with Gasteiger partial charge in [0.2, 0.25) is 0 Å². The second kappa shape index (κ2) is 8.20. The van der Waals surface area contributed by atoms with Crippen LogP contribution in [0.3, 0.4) is 0 Å². The van der Waals surface area contributed by atoms with Crippen LogP contribution in [0.4, 0.5) is 4.39 Å². The Morgan fingerprint density at radius 3 is 2.58 bits per heavy atom. The van der Waals surface area contributed by atoms with E-state index in [1.54, 1.807) is 6.07 Å². The molecule has 0 aliphatic carbocycles. The summed E-state index contributed by atoms with van der Waals surface area (Å²) in [5, 5.41) is 3.24. The van der Waals surface area contributed by atoms with Crippen LogP contribution >= 0.6 is 28.3 Å². The predicted molar refractivity (Wildman–Crippen MR) is 83.3 cm³/mol. The molecule has 1 fully saturated rings. The molecule has 5 heteroatoms. The lowest BCUT2D eigenvalue weighted by Crippen LogP contribution is -2.36. The first-order valence-electron chi connectivity index (χ1n) is 6.49. The molecule has 0 amide bonds. The summed E-state index contributed by atoms with van der Waals surface area (Å²) in [5.74, 6) is 0.634. The number of piperidine rings is 1. The van der Waals surface area contributed by atoms with E-state index >= 15 is 0 Å². The Morgan fingerprint density at radius 1 is 1.32 bits per heavy atom. The lowest BCUT2D eigenvalue weighted by molar-refractivity contribution is 0.176. The maximum atomic E-state index is 13.3. The molecule has 1 aromatic carbocycles. The van der Waals surface area contributed by atoms with E-state index in [-0.39, 0.29) is 18.2 Å². The number of rotatable bonds is 4. The van der Waals surface area contributed by atoms with Crippen molar-refractivity contribution in [3.8, 4) is 0 Å². The molecular formula is C14H21BrClFN2. The topological polar surface area (TPSA) is 15.3 Å². The minimum absolute atomic E-state index is 0. The van der Waals surface area contributed by atoms with Crippen molar-refractivity contribution in [1.29, 1.82) is 0 Å². The van der Waals surface area contributed by atoms with E-state index in [9.17, 15) is 4.39 Å². The first-order valence-corrected chi connectivity index (χ1v) is 7.28. The predicted octanol–water partition coefficient (Wildman–Crippen LogP) is 3.44. The van der Waals surface area contributed by atoms with Crippen LogP contribution in [-0.4, -0.2) is 31.6 Å². The van der Waals surface area contributed by atoms with Crippen LogP contribution in [0.15, 0.2) is 22.7 Å². The molecule has 0 spiro atoms. The third-order valence-electron chi connectivity index (χ3n) is 3.53. The molecular weight excluding hydrogens is 331 g/mol. The summed E-state index contributed by atoms with van der Waals surface area (Å²) in [5.41, 5.74) is 1.05. The van der Waals surface area contributed by atoms with Crippen molar-refractivity contribution in [1.82, 2.24) is 10.2 Å². The Labute approximate surface area is 129 Å². The molecule has 2 nitrogen and oxygen atoms in total. The van der Waals surface area contributed by atoms with Crippen molar-refractivity contribution >= 4 is 28.3 Å². The molecule has 1 aliphatic heterocycles. The van der Waals surface area contributed by atoms with Gasteiger partial charge in [-0.15, -0.1) is 12.4 Å². The maximum absolute atomic E-state index is 13.3. The van der Waals surface area contributed by atoms with Crippen LogP contribution in [0, 0.1) is 11.7 Å². The summed E-state index contributed by atoms with van der Waals surface area (Å²) >= 11 is 3.34. The lowest BCUT2D eigenvalue weighted by Gasteiger charge is -2.31. The van der Waals surface area contributed by atoms with Crippen molar-refractivity contribution in [3.05, 3.63) is 34.1 Å². The Kier molecular flexibility index (Phi) is 7.29. The largest absolute Gasteiger partial charge is 0.319 e. The molecule has 0 saturated carbocycles. The average Bonchev–Trinajstić information content (AvgIpc) is 2.31. The molecule has 1 heterocycles. The number of hydrogen-bond donors (Lipinski definition) is 1. The molecule has 1 aromatic rings. The highest BCUT2D eigenvalue weighted by Gasteiger charge is 2.18. The van der Waals surface area contributed by atoms with Gasteiger partial charge in [-0.2, -0.15) is 0 Å². The molecule has 0 radical (unpaired) electrons. The van der Waals surface area contributed by atoms with Gasteiger partial charge >= 0.3 is 0 Å². The molecule has 0 bridgehead atoms. The average molecular weight is 352 g/mol. The highest BCUT2D eigenvalue weighted by atomic mass is 79.9. The SMILES string of the molecule is CNCC1CCN(Cc2cc(F)cc(Br)c2)CC1.Cl. The van der Waals surface area contributed by atoms with Gasteiger partial charge < -0.3 is 5.32 Å². The van der Waals surface area contributed by atoms with E-state index in [4.69, 9.17) is 0 Å². The Balaban J connectivity index is 0.00000180. The second-order valence-corrected chi connectivity index (χ2v) is 5.97. The van der Waals surface area contributed by atoms with E-state index < -0.39 is 0 Å². The number of hydrogen-bond acceptors (Lipinski definition) is 2. The molecule has 0 unspecified atom stereocenters. The number of benzene rings is 1. The lowest BCUT2D eigenvalue weighted by atomic mass is 9.96. The molecule has 1 aliphatic rings. The molecule has 0 aromatic heterocycles. The van der Waals surface area contributed by atoms with Gasteiger partial charge in [0, 0.05) is 11.0 Å². The van der Waals surface area contributed by atoms with Gasteiger partial charge in [-0.3, -0.25) is 4.90 Å². The summed E-state index contributed by atoms with van der Waals surface area (Å²) in [6.45, 7) is 4.18. The molecule has 19 heavy (non-hydrogen) atoms. The van der Waals surface area contributed by atoms with Gasteiger partial charge in [0.25, 0.3) is 0 Å². The van der Waals surface area contributed by atoms with Gasteiger partial charge in [-0.05, 0) is 69.2 Å². The third-order valence-corrected chi connectivity index (χ3v) is 3.99. The fourth-order valence-electron chi connectivity index (χ4n) is 2.60. The Hall–Kier alpha value is -0.160. The van der Waals surface area contributed by atoms with Crippen LogP contribution in [-0.2, 0) is 6.54 Å². The summed E-state index contributed by atoms with van der Waals surface area (Å²) in [7, 11) is 2.01. The van der Waals surface area contributed by atoms with E-state index in [1.165, 1.54) is 18.9 Å². The standard InChI is InChI=1S/C14H20BrFN2.ClH/c1-17-9-11-2-4-18(5-3-11)10-12-6-13(15)8-14(16)7-12;/h6-8,11,17H,2-5,9-10H2,1H3;1H. The molecule has 2 rings (SSSR count). The zero-order valence-electron chi connectivity index (χ0n) is 11.2. The normalized spacial score (nSPS) is 17.2. The van der Waals surface area contributed by atoms with Gasteiger partial charge in [-0.25, -0.2) is 4.39 Å². The van der Waals surface area contributed by atoms with E-state index in [2.05, 4.69) is 26.1 Å². The maximum Gasteiger partial charge on any atom is 0.124 e. The van der Waals surface area contributed by atoms with Crippen LogP contribution in [0.2, 0.25) is 0 Å². The van der Waals surface area contributed by atoms with E-state index in [0.29, 0.717) is 0 Å². The zero-order valence-corrected chi connectivity index (χ0v) is 13.6. The van der Waals surface area contributed by atoms with Gasteiger partial charge in [0.05, 0.1) is 0 Å². The van der Waals surface area contributed by atoms with Crippen molar-refractivity contribution in [2.24, 2.45) is 5.92 Å². The molecule has 1 saturated heterocycles. The highest BCUT2D eigenvalue weighted by Crippen LogP contribution is 2.20. The first-order chi connectivity index (χ1) is 8.67.